The van der Waals surface area contributed by atoms with Gasteiger partial charge in [0, 0.05) is 17.3 Å². The van der Waals surface area contributed by atoms with Gasteiger partial charge in [0.25, 0.3) is 0 Å². The van der Waals surface area contributed by atoms with Crippen LogP contribution in [0.1, 0.15) is 5.56 Å². The second kappa shape index (κ2) is 8.31. The number of nitrogens with one attached hydrogen (secondary N) is 1. The zero-order chi connectivity index (χ0) is 18.6. The highest BCUT2D eigenvalue weighted by molar-refractivity contribution is 9.10. The summed E-state index contributed by atoms with van der Waals surface area (Å²) < 4.78 is 24.2. The lowest BCUT2D eigenvalue weighted by Gasteiger charge is -2.17. The first kappa shape index (κ1) is 19.9. The highest BCUT2D eigenvalue weighted by Gasteiger charge is 2.13. The van der Waals surface area contributed by atoms with Gasteiger partial charge in [0.05, 0.1) is 22.2 Å². The molecular weight excluding hydrogens is 428 g/mol. The average Bonchev–Trinajstić information content (AvgIpc) is 2.50. The lowest BCUT2D eigenvalue weighted by atomic mass is 10.2. The minimum Gasteiger partial charge on any atom is -0.324 e. The second-order valence-corrected chi connectivity index (χ2v) is 9.10. The normalized spacial score (nSPS) is 11.6. The molecule has 0 aromatic heterocycles. The lowest BCUT2D eigenvalue weighted by Crippen LogP contribution is -2.30. The Bertz CT molecular complexity index is 870. The highest BCUT2D eigenvalue weighted by Crippen LogP contribution is 2.25. The molecule has 2 rings (SSSR count). The van der Waals surface area contributed by atoms with E-state index >= 15 is 0 Å². The molecule has 0 fully saturated rings. The summed E-state index contributed by atoms with van der Waals surface area (Å²) in [5.41, 5.74) is 1.36. The monoisotopic (exact) mass is 444 g/mol. The summed E-state index contributed by atoms with van der Waals surface area (Å²) in [6.07, 6.45) is 1.10. The number of rotatable bonds is 6. The number of benzene rings is 2. The van der Waals surface area contributed by atoms with Gasteiger partial charge >= 0.3 is 0 Å². The van der Waals surface area contributed by atoms with E-state index in [1.807, 2.05) is 36.2 Å². The Kier molecular flexibility index (Phi) is 6.62. The number of nitrogens with zero attached hydrogens (tertiary/aromatic N) is 1. The van der Waals surface area contributed by atoms with Crippen LogP contribution in [0.15, 0.2) is 51.8 Å². The Hall–Kier alpha value is -1.41. The molecule has 25 heavy (non-hydrogen) atoms. The first-order valence-corrected chi connectivity index (χ1v) is 10.4. The molecule has 2 aromatic carbocycles. The van der Waals surface area contributed by atoms with Crippen molar-refractivity contribution in [2.45, 2.75) is 11.4 Å². The molecule has 0 aliphatic heterocycles. The Labute approximate surface area is 161 Å². The van der Waals surface area contributed by atoms with Crippen LogP contribution in [0.3, 0.4) is 0 Å². The molecule has 0 saturated heterocycles. The number of hydrogen-bond acceptors (Lipinski definition) is 4. The van der Waals surface area contributed by atoms with Gasteiger partial charge in [-0.1, -0.05) is 39.7 Å². The summed E-state index contributed by atoms with van der Waals surface area (Å²) >= 11 is 9.43. The fourth-order valence-electron chi connectivity index (χ4n) is 2.22. The van der Waals surface area contributed by atoms with Crippen molar-refractivity contribution in [2.75, 3.05) is 25.2 Å². The first-order valence-electron chi connectivity index (χ1n) is 7.37. The minimum absolute atomic E-state index is 0.107. The van der Waals surface area contributed by atoms with Gasteiger partial charge in [0.15, 0.2) is 9.84 Å². The van der Waals surface area contributed by atoms with Gasteiger partial charge in [0.2, 0.25) is 5.91 Å². The minimum atomic E-state index is -3.37. The lowest BCUT2D eigenvalue weighted by molar-refractivity contribution is -0.117. The van der Waals surface area contributed by atoms with Gasteiger partial charge in [-0.25, -0.2) is 8.42 Å². The Balaban J connectivity index is 2.01. The smallest absolute Gasteiger partial charge is 0.238 e. The van der Waals surface area contributed by atoms with E-state index in [-0.39, 0.29) is 28.1 Å². The third-order valence-corrected chi connectivity index (χ3v) is 5.39. The largest absolute Gasteiger partial charge is 0.324 e. The van der Waals surface area contributed by atoms with E-state index in [0.29, 0.717) is 6.54 Å². The van der Waals surface area contributed by atoms with Gasteiger partial charge in [-0.05, 0) is 42.9 Å². The standard InChI is InChI=1S/C17H18BrClN2O3S/c1-21(10-12-3-5-13(18)6-4-12)11-17(22)20-16-9-14(25(2,23)24)7-8-15(16)19/h3-9H,10-11H2,1-2H3,(H,20,22). The predicted octanol–water partition coefficient (Wildman–Crippen LogP) is 3.58. The van der Waals surface area contributed by atoms with Crippen LogP contribution in [0.25, 0.3) is 0 Å². The topological polar surface area (TPSA) is 66.5 Å². The molecule has 0 spiro atoms. The zero-order valence-electron chi connectivity index (χ0n) is 13.8. The van der Waals surface area contributed by atoms with E-state index < -0.39 is 9.84 Å². The summed E-state index contributed by atoms with van der Waals surface area (Å²) in [6, 6.07) is 12.1. The van der Waals surface area contributed by atoms with Gasteiger partial charge in [-0.3, -0.25) is 9.69 Å². The molecule has 5 nitrogen and oxygen atoms in total. The molecule has 0 bridgehead atoms. The van der Waals surface area contributed by atoms with E-state index in [0.717, 1.165) is 16.3 Å². The maximum atomic E-state index is 12.2. The Morgan fingerprint density at radius 2 is 1.84 bits per heavy atom. The average molecular weight is 446 g/mol. The number of carbonyl (C=O) groups excluding carboxylic acids is 1. The molecule has 0 radical (unpaired) electrons. The zero-order valence-corrected chi connectivity index (χ0v) is 17.0. The SMILES string of the molecule is CN(CC(=O)Nc1cc(S(C)(=O)=O)ccc1Cl)Cc1ccc(Br)cc1. The van der Waals surface area contributed by atoms with Crippen molar-refractivity contribution < 1.29 is 13.2 Å². The van der Waals surface area contributed by atoms with Crippen LogP contribution in [0, 0.1) is 0 Å². The number of hydrogen-bond donors (Lipinski definition) is 1. The van der Waals surface area contributed by atoms with Crippen LogP contribution in [0.2, 0.25) is 5.02 Å². The summed E-state index contributed by atoms with van der Waals surface area (Å²) in [5, 5.41) is 2.95. The van der Waals surface area contributed by atoms with E-state index in [1.165, 1.54) is 18.2 Å². The van der Waals surface area contributed by atoms with E-state index in [4.69, 9.17) is 11.6 Å². The van der Waals surface area contributed by atoms with E-state index in [2.05, 4.69) is 21.2 Å². The molecule has 0 saturated carbocycles. The number of carbonyl (C=O) groups is 1. The third-order valence-electron chi connectivity index (χ3n) is 3.42. The van der Waals surface area contributed by atoms with E-state index in [9.17, 15) is 13.2 Å². The predicted molar refractivity (Wildman–Crippen MR) is 104 cm³/mol. The molecule has 0 atom stereocenters. The molecule has 0 aliphatic carbocycles. The van der Waals surface area contributed by atoms with Gasteiger partial charge in [0.1, 0.15) is 0 Å². The number of anilines is 1. The molecule has 0 unspecified atom stereocenters. The van der Waals surface area contributed by atoms with Crippen LogP contribution in [-0.4, -0.2) is 39.1 Å². The maximum Gasteiger partial charge on any atom is 0.238 e. The maximum absolute atomic E-state index is 12.2. The van der Waals surface area contributed by atoms with Crippen molar-refractivity contribution in [3.8, 4) is 0 Å². The van der Waals surface area contributed by atoms with Crippen molar-refractivity contribution in [2.24, 2.45) is 0 Å². The van der Waals surface area contributed by atoms with Crippen molar-refractivity contribution in [1.82, 2.24) is 4.90 Å². The van der Waals surface area contributed by atoms with Crippen LogP contribution in [0.4, 0.5) is 5.69 Å². The van der Waals surface area contributed by atoms with Crippen LogP contribution in [0.5, 0.6) is 0 Å². The number of amides is 1. The summed E-state index contributed by atoms with van der Waals surface area (Å²) in [6.45, 7) is 0.757. The Morgan fingerprint density at radius 3 is 2.44 bits per heavy atom. The molecule has 1 N–H and O–H groups in total. The third kappa shape index (κ3) is 6.11. The fraction of sp³-hybridized carbons (Fsp3) is 0.235. The fourth-order valence-corrected chi connectivity index (χ4v) is 3.30. The molecule has 134 valence electrons. The molecular formula is C17H18BrClN2O3S. The van der Waals surface area contributed by atoms with Crippen LogP contribution in [-0.2, 0) is 21.2 Å². The Morgan fingerprint density at radius 1 is 1.20 bits per heavy atom. The van der Waals surface area contributed by atoms with Gasteiger partial charge < -0.3 is 5.32 Å². The number of sulfone groups is 1. The molecule has 1 amide bonds. The highest BCUT2D eigenvalue weighted by atomic mass is 79.9. The van der Waals surface area contributed by atoms with Crippen LogP contribution < -0.4 is 5.32 Å². The van der Waals surface area contributed by atoms with Crippen LogP contribution >= 0.6 is 27.5 Å². The first-order chi connectivity index (χ1) is 11.6. The molecule has 8 heteroatoms. The number of halogens is 2. The summed E-state index contributed by atoms with van der Waals surface area (Å²) in [4.78, 5) is 14.2. The molecule has 0 aliphatic rings. The van der Waals surface area contributed by atoms with Gasteiger partial charge in [-0.15, -0.1) is 0 Å². The summed E-state index contributed by atoms with van der Waals surface area (Å²) in [7, 11) is -1.54. The van der Waals surface area contributed by atoms with Crippen molar-refractivity contribution >= 4 is 49.0 Å². The number of likely N-dealkylation sites (N-methyl/N-ethyl adjacent to an activating group) is 1. The second-order valence-electron chi connectivity index (χ2n) is 5.76. The van der Waals surface area contributed by atoms with Crippen molar-refractivity contribution in [3.05, 3.63) is 57.5 Å². The van der Waals surface area contributed by atoms with E-state index in [1.54, 1.807) is 0 Å². The molecule has 2 aromatic rings. The molecule has 0 heterocycles. The summed E-state index contributed by atoms with van der Waals surface area (Å²) in [5.74, 6) is -0.271. The van der Waals surface area contributed by atoms with Crippen molar-refractivity contribution in [1.29, 1.82) is 0 Å². The quantitative estimate of drug-likeness (QED) is 0.738. The van der Waals surface area contributed by atoms with Gasteiger partial charge in [-0.2, -0.15) is 0 Å². The van der Waals surface area contributed by atoms with Crippen molar-refractivity contribution in [3.63, 3.8) is 0 Å².